The zero-order chi connectivity index (χ0) is 17.1. The molecule has 2 aliphatic heterocycles. The Morgan fingerprint density at radius 1 is 1.21 bits per heavy atom. The standard InChI is InChI=1S/C16H24N4O4/c21-11-13-9-20(8-12(13)7-18-4-1-2-5-18)15(23)10-19-6-3-14(22)17-16(19)24/h3,6,12-13,21H,1-2,4-5,7-11H2,(H,17,22,24)/t12-,13-/m0/s1. The van der Waals surface area contributed by atoms with Gasteiger partial charge in [0.05, 0.1) is 0 Å². The van der Waals surface area contributed by atoms with E-state index in [9.17, 15) is 19.5 Å². The molecule has 0 aliphatic carbocycles. The number of aromatic amines is 1. The van der Waals surface area contributed by atoms with Crippen LogP contribution in [0.15, 0.2) is 21.9 Å². The molecular formula is C16H24N4O4. The Kier molecular flexibility index (Phi) is 5.15. The first kappa shape index (κ1) is 16.9. The molecule has 0 bridgehead atoms. The number of aromatic nitrogens is 2. The van der Waals surface area contributed by atoms with Crippen LogP contribution in [0.4, 0.5) is 0 Å². The van der Waals surface area contributed by atoms with Crippen molar-refractivity contribution in [1.29, 1.82) is 0 Å². The van der Waals surface area contributed by atoms with Gasteiger partial charge in [0.25, 0.3) is 5.56 Å². The van der Waals surface area contributed by atoms with Crippen LogP contribution in [-0.4, -0.2) is 69.7 Å². The predicted molar refractivity (Wildman–Crippen MR) is 87.6 cm³/mol. The number of H-pyrrole nitrogens is 1. The first-order valence-corrected chi connectivity index (χ1v) is 8.47. The summed E-state index contributed by atoms with van der Waals surface area (Å²) in [4.78, 5) is 41.5. The maximum absolute atomic E-state index is 12.5. The highest BCUT2D eigenvalue weighted by atomic mass is 16.3. The summed E-state index contributed by atoms with van der Waals surface area (Å²) in [6.07, 6.45) is 3.77. The van der Waals surface area contributed by atoms with E-state index in [1.807, 2.05) is 0 Å². The average Bonchev–Trinajstić information content (AvgIpc) is 3.20. The van der Waals surface area contributed by atoms with Crippen molar-refractivity contribution in [2.75, 3.05) is 39.3 Å². The molecular weight excluding hydrogens is 312 g/mol. The summed E-state index contributed by atoms with van der Waals surface area (Å²) in [5.74, 6) is 0.192. The fourth-order valence-corrected chi connectivity index (χ4v) is 3.67. The van der Waals surface area contributed by atoms with E-state index < -0.39 is 11.2 Å². The molecule has 2 aliphatic rings. The van der Waals surface area contributed by atoms with Crippen LogP contribution in [0.1, 0.15) is 12.8 Å². The van der Waals surface area contributed by atoms with Crippen molar-refractivity contribution < 1.29 is 9.90 Å². The number of carbonyl (C=O) groups is 1. The van der Waals surface area contributed by atoms with Gasteiger partial charge < -0.3 is 14.9 Å². The van der Waals surface area contributed by atoms with E-state index in [-0.39, 0.29) is 30.9 Å². The van der Waals surface area contributed by atoms with E-state index in [1.54, 1.807) is 4.90 Å². The molecule has 2 saturated heterocycles. The van der Waals surface area contributed by atoms with Crippen LogP contribution in [-0.2, 0) is 11.3 Å². The largest absolute Gasteiger partial charge is 0.396 e. The molecule has 132 valence electrons. The SMILES string of the molecule is O=C(Cn1ccc(=O)[nH]c1=O)N1C[C@@H](CO)[C@@H](CN2CCCC2)C1. The summed E-state index contributed by atoms with van der Waals surface area (Å²) < 4.78 is 1.20. The molecule has 0 unspecified atom stereocenters. The molecule has 0 radical (unpaired) electrons. The van der Waals surface area contributed by atoms with Crippen molar-refractivity contribution in [3.8, 4) is 0 Å². The number of nitrogens with zero attached hydrogens (tertiary/aromatic N) is 3. The van der Waals surface area contributed by atoms with Gasteiger partial charge in [0.2, 0.25) is 5.91 Å². The Hall–Kier alpha value is -1.93. The first-order valence-electron chi connectivity index (χ1n) is 8.47. The molecule has 1 amide bonds. The molecule has 2 N–H and O–H groups in total. The Labute approximate surface area is 139 Å². The molecule has 3 rings (SSSR count). The van der Waals surface area contributed by atoms with Crippen LogP contribution >= 0.6 is 0 Å². The number of nitrogens with one attached hydrogen (secondary N) is 1. The van der Waals surface area contributed by atoms with Gasteiger partial charge in [-0.15, -0.1) is 0 Å². The quantitative estimate of drug-likeness (QED) is 0.696. The molecule has 3 heterocycles. The van der Waals surface area contributed by atoms with E-state index in [2.05, 4.69) is 9.88 Å². The van der Waals surface area contributed by atoms with Gasteiger partial charge in [-0.3, -0.25) is 19.1 Å². The lowest BCUT2D eigenvalue weighted by Gasteiger charge is -2.22. The van der Waals surface area contributed by atoms with Gasteiger partial charge in [-0.25, -0.2) is 4.79 Å². The summed E-state index contributed by atoms with van der Waals surface area (Å²) in [7, 11) is 0. The van der Waals surface area contributed by atoms with Crippen LogP contribution in [0.3, 0.4) is 0 Å². The van der Waals surface area contributed by atoms with Crippen LogP contribution in [0, 0.1) is 11.8 Å². The van der Waals surface area contributed by atoms with Crippen LogP contribution in [0.2, 0.25) is 0 Å². The molecule has 8 nitrogen and oxygen atoms in total. The predicted octanol–water partition coefficient (Wildman–Crippen LogP) is -1.30. The third-order valence-corrected chi connectivity index (χ3v) is 5.06. The minimum Gasteiger partial charge on any atom is -0.396 e. The minimum atomic E-state index is -0.581. The molecule has 0 aromatic carbocycles. The van der Waals surface area contributed by atoms with Crippen molar-refractivity contribution >= 4 is 5.91 Å². The van der Waals surface area contributed by atoms with E-state index in [0.717, 1.165) is 19.6 Å². The molecule has 24 heavy (non-hydrogen) atoms. The van der Waals surface area contributed by atoms with Crippen molar-refractivity contribution in [3.63, 3.8) is 0 Å². The second-order valence-corrected chi connectivity index (χ2v) is 6.75. The van der Waals surface area contributed by atoms with Crippen molar-refractivity contribution in [2.24, 2.45) is 11.8 Å². The number of aliphatic hydroxyl groups excluding tert-OH is 1. The zero-order valence-corrected chi connectivity index (χ0v) is 13.7. The molecule has 0 saturated carbocycles. The molecule has 2 atom stereocenters. The maximum Gasteiger partial charge on any atom is 0.328 e. The first-order chi connectivity index (χ1) is 11.6. The van der Waals surface area contributed by atoms with Crippen LogP contribution in [0.25, 0.3) is 0 Å². The molecule has 2 fully saturated rings. The molecule has 1 aromatic heterocycles. The summed E-state index contributed by atoms with van der Waals surface area (Å²) >= 11 is 0. The third-order valence-electron chi connectivity index (χ3n) is 5.06. The molecule has 0 spiro atoms. The lowest BCUT2D eigenvalue weighted by Crippen LogP contribution is -2.37. The van der Waals surface area contributed by atoms with Gasteiger partial charge in [-0.05, 0) is 31.8 Å². The average molecular weight is 336 g/mol. The van der Waals surface area contributed by atoms with Gasteiger partial charge in [0.1, 0.15) is 6.54 Å². The van der Waals surface area contributed by atoms with Gasteiger partial charge >= 0.3 is 5.69 Å². The van der Waals surface area contributed by atoms with E-state index >= 15 is 0 Å². The summed E-state index contributed by atoms with van der Waals surface area (Å²) in [6.45, 7) is 4.20. The number of amides is 1. The smallest absolute Gasteiger partial charge is 0.328 e. The number of aliphatic hydroxyl groups is 1. The third kappa shape index (κ3) is 3.76. The Bertz CT molecular complexity index is 692. The highest BCUT2D eigenvalue weighted by Crippen LogP contribution is 2.25. The van der Waals surface area contributed by atoms with Gasteiger partial charge in [0.15, 0.2) is 0 Å². The van der Waals surface area contributed by atoms with Crippen molar-refractivity contribution in [3.05, 3.63) is 33.1 Å². The van der Waals surface area contributed by atoms with E-state index in [1.165, 1.54) is 29.7 Å². The Morgan fingerprint density at radius 2 is 1.92 bits per heavy atom. The summed E-state index contributed by atoms with van der Waals surface area (Å²) in [5.41, 5.74) is -1.06. The van der Waals surface area contributed by atoms with E-state index in [4.69, 9.17) is 0 Å². The summed E-state index contributed by atoms with van der Waals surface area (Å²) in [5, 5.41) is 9.62. The van der Waals surface area contributed by atoms with Crippen molar-refractivity contribution in [2.45, 2.75) is 19.4 Å². The van der Waals surface area contributed by atoms with Gasteiger partial charge in [-0.2, -0.15) is 0 Å². The summed E-state index contributed by atoms with van der Waals surface area (Å²) in [6, 6.07) is 1.23. The van der Waals surface area contributed by atoms with E-state index in [0.29, 0.717) is 13.1 Å². The van der Waals surface area contributed by atoms with Gasteiger partial charge in [-0.1, -0.05) is 0 Å². The molecule has 8 heteroatoms. The monoisotopic (exact) mass is 336 g/mol. The maximum atomic E-state index is 12.5. The minimum absolute atomic E-state index is 0.0703. The van der Waals surface area contributed by atoms with Crippen LogP contribution in [0.5, 0.6) is 0 Å². The normalized spacial score (nSPS) is 24.6. The lowest BCUT2D eigenvalue weighted by molar-refractivity contribution is -0.131. The Balaban J connectivity index is 1.62. The zero-order valence-electron chi connectivity index (χ0n) is 13.7. The van der Waals surface area contributed by atoms with Crippen molar-refractivity contribution in [1.82, 2.24) is 19.4 Å². The van der Waals surface area contributed by atoms with Gasteiger partial charge in [0, 0.05) is 44.4 Å². The number of likely N-dealkylation sites (tertiary alicyclic amines) is 2. The van der Waals surface area contributed by atoms with Crippen LogP contribution < -0.4 is 11.2 Å². The number of rotatable bonds is 5. The fourth-order valence-electron chi connectivity index (χ4n) is 3.67. The number of carbonyl (C=O) groups excluding carboxylic acids is 1. The highest BCUT2D eigenvalue weighted by Gasteiger charge is 2.36. The Morgan fingerprint density at radius 3 is 2.58 bits per heavy atom. The highest BCUT2D eigenvalue weighted by molar-refractivity contribution is 5.76. The topological polar surface area (TPSA) is 98.6 Å². The fraction of sp³-hybridized carbons (Fsp3) is 0.688. The molecule has 1 aromatic rings. The number of hydrogen-bond donors (Lipinski definition) is 2. The second-order valence-electron chi connectivity index (χ2n) is 6.75. The lowest BCUT2D eigenvalue weighted by atomic mass is 9.96. The number of hydrogen-bond acceptors (Lipinski definition) is 5. The second kappa shape index (κ2) is 7.31.